The van der Waals surface area contributed by atoms with Crippen molar-refractivity contribution in [3.8, 4) is 0 Å². The van der Waals surface area contributed by atoms with Crippen LogP contribution in [0.15, 0.2) is 12.7 Å². The summed E-state index contributed by atoms with van der Waals surface area (Å²) in [4.78, 5) is 75.7. The number of imidazole rings is 1. The molecule has 10 N–H and O–H groups in total. The topological polar surface area (TPSA) is 347 Å². The quantitative estimate of drug-likeness (QED) is 0.0406. The molecule has 0 aromatic carbocycles. The minimum absolute atomic E-state index is 0.0328. The zero-order chi connectivity index (χ0) is 40.5. The highest BCUT2D eigenvalue weighted by Crippen LogP contribution is 2.61. The van der Waals surface area contributed by atoms with Crippen molar-refractivity contribution in [1.29, 1.82) is 0 Å². The number of hydrogen-bond acceptors (Lipinski definition) is 16. The number of carbonyl (C=O) groups is 2. The Balaban J connectivity index is 1.51. The van der Waals surface area contributed by atoms with Gasteiger partial charge < -0.3 is 50.9 Å². The van der Waals surface area contributed by atoms with Crippen molar-refractivity contribution in [3.05, 3.63) is 12.7 Å². The maximum absolute atomic E-state index is 12.7. The van der Waals surface area contributed by atoms with Gasteiger partial charge in [-0.3, -0.25) is 38.6 Å². The zero-order valence-electron chi connectivity index (χ0n) is 30.0. The van der Waals surface area contributed by atoms with Gasteiger partial charge in [-0.1, -0.05) is 33.6 Å². The summed E-state index contributed by atoms with van der Waals surface area (Å²) >= 11 is 0. The molecule has 2 aromatic rings. The molecular weight excluding hydrogens is 803 g/mol. The summed E-state index contributed by atoms with van der Waals surface area (Å²) < 4.78 is 62.2. The third kappa shape index (κ3) is 14.1. The lowest BCUT2D eigenvalue weighted by Crippen LogP contribution is -2.46. The van der Waals surface area contributed by atoms with Gasteiger partial charge in [-0.25, -0.2) is 28.6 Å². The summed E-state index contributed by atoms with van der Waals surface area (Å²) in [5.74, 6) is 0.783. The number of amides is 2. The predicted molar refractivity (Wildman–Crippen MR) is 194 cm³/mol. The Morgan fingerprint density at radius 3 is 2.41 bits per heavy atom. The van der Waals surface area contributed by atoms with Crippen LogP contribution < -0.4 is 16.4 Å². The average molecular weight is 854 g/mol. The van der Waals surface area contributed by atoms with Crippen LogP contribution in [0.1, 0.15) is 52.7 Å². The first kappa shape index (κ1) is 46.3. The number of unbranched alkanes of at least 4 members (excludes halogenated alkanes) is 2. The lowest BCUT2D eigenvalue weighted by molar-refractivity contribution is -0.137. The predicted octanol–water partition coefficient (Wildman–Crippen LogP) is 0.226. The summed E-state index contributed by atoms with van der Waals surface area (Å²) in [6.45, 7) is 3.16. The van der Waals surface area contributed by atoms with Gasteiger partial charge >= 0.3 is 23.5 Å². The number of nitrogens with one attached hydrogen (secondary N) is 2. The van der Waals surface area contributed by atoms with Gasteiger partial charge in [-0.15, -0.1) is 0 Å². The van der Waals surface area contributed by atoms with Crippen LogP contribution in [-0.2, 0) is 45.9 Å². The van der Waals surface area contributed by atoms with Crippen LogP contribution in [0.5, 0.6) is 0 Å². The number of nitrogen functional groups attached to an aromatic ring is 1. The minimum Gasteiger partial charge on any atom is -0.386 e. The minimum atomic E-state index is -5.54. The standard InChI is InChI=1S/C27H50N7O16P3S/c1-5-6-7-11-54(4)12-10-29-18(35)8-9-30-25(38)22(37)27(2,3)14-47-53(44,45)50-52(42,43)46-13-17-21(49-51(39,40)41)20(36)26(48-17)34-16-33-19-23(28)31-15-32-24(19)34/h15-17,20-22,26,36-37,54H,5-14H2,1-4H3,(H,29,35)(H,30,38)(H,42,43)(H,44,45)(H2,28,31,32)(H2,39,40,41)/t17-,20-,21-,22-,26-/m1/s1. The van der Waals surface area contributed by atoms with Gasteiger partial charge in [-0.2, -0.15) is 4.31 Å². The fourth-order valence-corrected chi connectivity index (χ4v) is 9.38. The van der Waals surface area contributed by atoms with E-state index in [4.69, 9.17) is 19.5 Å². The SMILES string of the molecule is CCCCC[SH](C)CCNC(=O)CCNC(=O)[C@@H](O)C(C)(C)COP(=O)(O)OP(=O)(O)OC[C@H]1O[C@@H](n2cnc3c(N)ncnc32)[C@H](O)[C@@H]1OP(=O)(O)O. The van der Waals surface area contributed by atoms with Crippen molar-refractivity contribution in [3.63, 3.8) is 0 Å². The van der Waals surface area contributed by atoms with E-state index < -0.39 is 78.6 Å². The number of anilines is 1. The molecule has 0 saturated carbocycles. The van der Waals surface area contributed by atoms with Gasteiger partial charge in [0.05, 0.1) is 19.5 Å². The number of ether oxygens (including phenoxy) is 1. The van der Waals surface area contributed by atoms with E-state index in [1.54, 1.807) is 0 Å². The van der Waals surface area contributed by atoms with E-state index in [-0.39, 0.29) is 46.7 Å². The first-order chi connectivity index (χ1) is 25.1. The number of phosphoric acid groups is 3. The molecule has 3 unspecified atom stereocenters. The third-order valence-electron chi connectivity index (χ3n) is 8.04. The molecule has 0 radical (unpaired) electrons. The Morgan fingerprint density at radius 1 is 1.06 bits per heavy atom. The van der Waals surface area contributed by atoms with Crippen LogP contribution in [0.4, 0.5) is 5.82 Å². The number of fused-ring (bicyclic) bond motifs is 1. The van der Waals surface area contributed by atoms with Gasteiger partial charge in [0.15, 0.2) is 17.7 Å². The van der Waals surface area contributed by atoms with Crippen LogP contribution in [-0.4, -0.2) is 130 Å². The highest BCUT2D eigenvalue weighted by Gasteiger charge is 2.50. The summed E-state index contributed by atoms with van der Waals surface area (Å²) in [6.07, 6.45) is -1.00. The number of aliphatic hydroxyl groups excluding tert-OH is 2. The number of nitrogens with two attached hydrogens (primary N) is 1. The molecule has 54 heavy (non-hydrogen) atoms. The number of phosphoric ester groups is 3. The number of carbonyl (C=O) groups excluding carboxylic acids is 2. The van der Waals surface area contributed by atoms with E-state index in [1.807, 2.05) is 0 Å². The van der Waals surface area contributed by atoms with E-state index in [9.17, 15) is 53.1 Å². The smallest absolute Gasteiger partial charge is 0.386 e. The number of thiol groups is 1. The van der Waals surface area contributed by atoms with E-state index in [0.717, 1.165) is 41.6 Å². The van der Waals surface area contributed by atoms with Crippen LogP contribution in [0, 0.1) is 5.41 Å². The second-order valence-electron chi connectivity index (χ2n) is 13.1. The summed E-state index contributed by atoms with van der Waals surface area (Å²) in [5, 5.41) is 26.6. The Labute approximate surface area is 313 Å². The highest BCUT2D eigenvalue weighted by atomic mass is 32.2. The second-order valence-corrected chi connectivity index (χ2v) is 19.9. The molecule has 1 fully saturated rings. The Hall–Kier alpha value is -2.11. The Bertz CT molecular complexity index is 1720. The zero-order valence-corrected chi connectivity index (χ0v) is 33.6. The molecular formula is C27H50N7O16P3S. The molecule has 23 nitrogen and oxygen atoms in total. The molecule has 2 aromatic heterocycles. The van der Waals surface area contributed by atoms with Gasteiger partial charge in [0.2, 0.25) is 11.8 Å². The summed E-state index contributed by atoms with van der Waals surface area (Å²) in [6, 6.07) is 0. The van der Waals surface area contributed by atoms with Gasteiger partial charge in [0, 0.05) is 24.9 Å². The summed E-state index contributed by atoms with van der Waals surface area (Å²) in [5.41, 5.74) is 4.33. The fraction of sp³-hybridized carbons (Fsp3) is 0.741. The normalized spacial score (nSPS) is 23.0. The van der Waals surface area contributed by atoms with Gasteiger partial charge in [-0.05, 0) is 24.2 Å². The third-order valence-corrected chi connectivity index (χ3v) is 13.2. The lowest BCUT2D eigenvalue weighted by Gasteiger charge is -2.30. The van der Waals surface area contributed by atoms with Crippen molar-refractivity contribution in [2.24, 2.45) is 5.41 Å². The maximum Gasteiger partial charge on any atom is 0.481 e. The molecule has 0 aliphatic carbocycles. The molecule has 0 spiro atoms. The highest BCUT2D eigenvalue weighted by molar-refractivity contribution is 8.16. The molecule has 2 amide bonds. The molecule has 0 bridgehead atoms. The van der Waals surface area contributed by atoms with Crippen LogP contribution in [0.3, 0.4) is 0 Å². The molecule has 310 valence electrons. The monoisotopic (exact) mass is 853 g/mol. The van der Waals surface area contributed by atoms with Crippen molar-refractivity contribution >= 4 is 63.2 Å². The lowest BCUT2D eigenvalue weighted by atomic mass is 9.87. The molecule has 1 aliphatic heterocycles. The number of aliphatic hydroxyl groups is 2. The molecule has 27 heteroatoms. The van der Waals surface area contributed by atoms with Gasteiger partial charge in [0.1, 0.15) is 36.3 Å². The summed E-state index contributed by atoms with van der Waals surface area (Å²) in [7, 11) is -16.5. The molecule has 1 aliphatic rings. The first-order valence-corrected chi connectivity index (χ1v) is 23.3. The molecule has 3 heterocycles. The number of aromatic nitrogens is 4. The van der Waals surface area contributed by atoms with Crippen molar-refractivity contribution in [2.45, 2.75) is 77.1 Å². The number of hydrogen-bond donors (Lipinski definition) is 10. The van der Waals surface area contributed by atoms with Crippen LogP contribution in [0.2, 0.25) is 0 Å². The molecule has 8 atom stereocenters. The number of nitrogens with zero attached hydrogens (tertiary/aromatic N) is 4. The van der Waals surface area contributed by atoms with Crippen molar-refractivity contribution in [2.75, 3.05) is 49.8 Å². The van der Waals surface area contributed by atoms with Crippen molar-refractivity contribution < 1.29 is 75.7 Å². The number of rotatable bonds is 23. The van der Waals surface area contributed by atoms with Crippen LogP contribution >= 0.6 is 34.4 Å². The van der Waals surface area contributed by atoms with Crippen molar-refractivity contribution in [1.82, 2.24) is 30.2 Å². The maximum atomic E-state index is 12.7. The largest absolute Gasteiger partial charge is 0.481 e. The van der Waals surface area contributed by atoms with E-state index in [1.165, 1.54) is 20.3 Å². The fourth-order valence-electron chi connectivity index (χ4n) is 5.07. The Morgan fingerprint density at radius 2 is 1.74 bits per heavy atom. The molecule has 1 saturated heterocycles. The average Bonchev–Trinajstić information content (AvgIpc) is 3.62. The van der Waals surface area contributed by atoms with E-state index in [0.29, 0.717) is 6.54 Å². The first-order valence-electron chi connectivity index (χ1n) is 16.6. The van der Waals surface area contributed by atoms with Crippen LogP contribution in [0.25, 0.3) is 11.2 Å². The van der Waals surface area contributed by atoms with Gasteiger partial charge in [0.25, 0.3) is 0 Å². The van der Waals surface area contributed by atoms with E-state index >= 15 is 0 Å². The van der Waals surface area contributed by atoms with E-state index in [2.05, 4.69) is 47.6 Å². The Kier molecular flexibility index (Phi) is 17.0. The molecule has 3 rings (SSSR count). The second kappa shape index (κ2) is 19.8.